The van der Waals surface area contributed by atoms with E-state index in [2.05, 4.69) is 15.9 Å². The summed E-state index contributed by atoms with van der Waals surface area (Å²) in [5.41, 5.74) is -0.547. The van der Waals surface area contributed by atoms with Crippen LogP contribution in [0.25, 0.3) is 0 Å². The Morgan fingerprint density at radius 3 is 2.58 bits per heavy atom. The van der Waals surface area contributed by atoms with Crippen LogP contribution in [0.1, 0.15) is 12.5 Å². The number of carboxylic acid groups (broad SMARTS) is 1. The van der Waals surface area contributed by atoms with Crippen LogP contribution in [0, 0.1) is 15.9 Å². The summed E-state index contributed by atoms with van der Waals surface area (Å²) in [6, 6.07) is 6.15. The average molecular weight is 544 g/mol. The van der Waals surface area contributed by atoms with E-state index in [0.29, 0.717) is 4.47 Å². The van der Waals surface area contributed by atoms with Crippen molar-refractivity contribution in [1.82, 2.24) is 9.21 Å². The number of piperazine rings is 1. The Morgan fingerprint density at radius 1 is 1.30 bits per heavy atom. The molecule has 3 rings (SSSR count). The standard InChI is InChI=1S/C20H19BrFN3O7S/c1-12-19(26)23(17(20(27)28)10-13-6-7-14(21)11-15(13)22)8-9-24(12)33(31,32)18-5-3-2-4-16(18)25(29)30/h2-7,11-12,17H,8-10H2,1H3,(H,27,28)/t12-,17-/m0/s1. The summed E-state index contributed by atoms with van der Waals surface area (Å²) in [5.74, 6) is -2.81. The minimum atomic E-state index is -4.43. The van der Waals surface area contributed by atoms with E-state index in [-0.39, 0.29) is 25.1 Å². The van der Waals surface area contributed by atoms with Crippen molar-refractivity contribution in [2.45, 2.75) is 30.3 Å². The van der Waals surface area contributed by atoms with Gasteiger partial charge in [0.1, 0.15) is 17.9 Å². The van der Waals surface area contributed by atoms with Gasteiger partial charge in [0.15, 0.2) is 4.90 Å². The second kappa shape index (κ2) is 9.53. The summed E-state index contributed by atoms with van der Waals surface area (Å²) in [5, 5.41) is 21.0. The van der Waals surface area contributed by atoms with Crippen LogP contribution in [0.4, 0.5) is 10.1 Å². The molecule has 10 nitrogen and oxygen atoms in total. The van der Waals surface area contributed by atoms with Crippen molar-refractivity contribution in [3.63, 3.8) is 0 Å². The van der Waals surface area contributed by atoms with Crippen molar-refractivity contribution in [3.8, 4) is 0 Å². The highest BCUT2D eigenvalue weighted by Gasteiger charge is 2.44. The van der Waals surface area contributed by atoms with E-state index in [0.717, 1.165) is 21.3 Å². The van der Waals surface area contributed by atoms with E-state index in [1.54, 1.807) is 6.07 Å². The number of aliphatic carboxylic acids is 1. The Kier molecular flexibility index (Phi) is 7.14. The molecule has 0 bridgehead atoms. The zero-order valence-electron chi connectivity index (χ0n) is 17.2. The Hall–Kier alpha value is -2.90. The maximum absolute atomic E-state index is 14.3. The number of nitro groups is 1. The molecule has 1 saturated heterocycles. The predicted molar refractivity (Wildman–Crippen MR) is 117 cm³/mol. The third-order valence-electron chi connectivity index (χ3n) is 5.37. The average Bonchev–Trinajstić information content (AvgIpc) is 2.75. The van der Waals surface area contributed by atoms with Gasteiger partial charge in [-0.05, 0) is 30.7 Å². The number of nitro benzene ring substituents is 1. The Balaban J connectivity index is 1.89. The van der Waals surface area contributed by atoms with Gasteiger partial charge in [-0.3, -0.25) is 14.9 Å². The van der Waals surface area contributed by atoms with Crippen LogP contribution in [0.5, 0.6) is 0 Å². The number of hydrogen-bond acceptors (Lipinski definition) is 6. The first-order valence-electron chi connectivity index (χ1n) is 9.67. The molecule has 33 heavy (non-hydrogen) atoms. The molecule has 2 aromatic rings. The fourth-order valence-electron chi connectivity index (χ4n) is 3.69. The van der Waals surface area contributed by atoms with Crippen molar-refractivity contribution in [2.24, 2.45) is 0 Å². The molecule has 1 aliphatic rings. The summed E-state index contributed by atoms with van der Waals surface area (Å²) in [4.78, 5) is 35.8. The number of rotatable bonds is 7. The van der Waals surface area contributed by atoms with Crippen molar-refractivity contribution in [1.29, 1.82) is 0 Å². The molecule has 2 atom stereocenters. The van der Waals surface area contributed by atoms with Gasteiger partial charge < -0.3 is 10.0 Å². The summed E-state index contributed by atoms with van der Waals surface area (Å²) < 4.78 is 41.8. The maximum atomic E-state index is 14.3. The van der Waals surface area contributed by atoms with Gasteiger partial charge >= 0.3 is 5.97 Å². The second-order valence-electron chi connectivity index (χ2n) is 7.34. The number of carbonyl (C=O) groups is 2. The van der Waals surface area contributed by atoms with Crippen molar-refractivity contribution >= 4 is 43.5 Å². The number of para-hydroxylation sites is 1. The van der Waals surface area contributed by atoms with E-state index in [4.69, 9.17) is 0 Å². The topological polar surface area (TPSA) is 138 Å². The zero-order valence-corrected chi connectivity index (χ0v) is 19.6. The molecule has 0 spiro atoms. The lowest BCUT2D eigenvalue weighted by Crippen LogP contribution is -2.61. The minimum absolute atomic E-state index is 0.0843. The maximum Gasteiger partial charge on any atom is 0.326 e. The van der Waals surface area contributed by atoms with Gasteiger partial charge in [0.05, 0.1) is 4.92 Å². The molecule has 1 N–H and O–H groups in total. The predicted octanol–water partition coefficient (Wildman–Crippen LogP) is 2.41. The van der Waals surface area contributed by atoms with Crippen LogP contribution in [-0.2, 0) is 26.0 Å². The smallest absolute Gasteiger partial charge is 0.326 e. The quantitative estimate of drug-likeness (QED) is 0.417. The normalized spacial score (nSPS) is 18.2. The molecule has 0 saturated carbocycles. The van der Waals surface area contributed by atoms with Crippen LogP contribution in [0.2, 0.25) is 0 Å². The number of sulfonamides is 1. The third-order valence-corrected chi connectivity index (χ3v) is 7.88. The van der Waals surface area contributed by atoms with E-state index in [1.807, 2.05) is 0 Å². The number of halogens is 2. The molecule has 0 aliphatic carbocycles. The monoisotopic (exact) mass is 543 g/mol. The lowest BCUT2D eigenvalue weighted by molar-refractivity contribution is -0.387. The first-order chi connectivity index (χ1) is 15.4. The van der Waals surface area contributed by atoms with E-state index < -0.39 is 55.3 Å². The Bertz CT molecular complexity index is 1220. The molecule has 1 heterocycles. The molecule has 1 fully saturated rings. The first kappa shape index (κ1) is 24.7. The highest BCUT2D eigenvalue weighted by atomic mass is 79.9. The number of amides is 1. The molecule has 0 unspecified atom stereocenters. The first-order valence-corrected chi connectivity index (χ1v) is 11.9. The molecule has 1 aliphatic heterocycles. The van der Waals surface area contributed by atoms with Crippen molar-refractivity contribution in [3.05, 3.63) is 68.4 Å². The van der Waals surface area contributed by atoms with Crippen molar-refractivity contribution in [2.75, 3.05) is 13.1 Å². The van der Waals surface area contributed by atoms with Gasteiger partial charge in [0, 0.05) is 30.0 Å². The van der Waals surface area contributed by atoms with Gasteiger partial charge in [-0.15, -0.1) is 0 Å². The lowest BCUT2D eigenvalue weighted by Gasteiger charge is -2.40. The summed E-state index contributed by atoms with van der Waals surface area (Å²) >= 11 is 3.12. The Morgan fingerprint density at radius 2 is 1.97 bits per heavy atom. The van der Waals surface area contributed by atoms with Crippen molar-refractivity contribution < 1.29 is 32.4 Å². The van der Waals surface area contributed by atoms with Crippen LogP contribution in [-0.4, -0.2) is 64.7 Å². The van der Waals surface area contributed by atoms with Crippen LogP contribution < -0.4 is 0 Å². The number of carbonyl (C=O) groups excluding carboxylic acids is 1. The van der Waals surface area contributed by atoms with Gasteiger partial charge in [0.25, 0.3) is 15.7 Å². The van der Waals surface area contributed by atoms with Gasteiger partial charge in [-0.1, -0.05) is 34.1 Å². The third kappa shape index (κ3) is 4.89. The van der Waals surface area contributed by atoms with Crippen LogP contribution >= 0.6 is 15.9 Å². The molecule has 13 heteroatoms. The largest absolute Gasteiger partial charge is 0.480 e. The Labute approximate surface area is 196 Å². The zero-order chi connectivity index (χ0) is 24.5. The summed E-state index contributed by atoms with van der Waals surface area (Å²) in [6.45, 7) is 0.714. The SMILES string of the molecule is C[C@H]1C(=O)N([C@@H](Cc2ccc(Br)cc2F)C(=O)O)CCN1S(=O)(=O)c1ccccc1[N+](=O)[O-]. The van der Waals surface area contributed by atoms with Gasteiger partial charge in [0.2, 0.25) is 5.91 Å². The van der Waals surface area contributed by atoms with E-state index >= 15 is 0 Å². The summed E-state index contributed by atoms with van der Waals surface area (Å²) in [6.07, 6.45) is -0.316. The van der Waals surface area contributed by atoms with Crippen LogP contribution in [0.3, 0.4) is 0 Å². The minimum Gasteiger partial charge on any atom is -0.480 e. The second-order valence-corrected chi connectivity index (χ2v) is 10.1. The molecular formula is C20H19BrFN3O7S. The molecule has 1 amide bonds. The van der Waals surface area contributed by atoms with Gasteiger partial charge in [-0.25, -0.2) is 17.6 Å². The number of carboxylic acids is 1. The number of benzene rings is 2. The number of hydrogen-bond donors (Lipinski definition) is 1. The molecule has 176 valence electrons. The highest BCUT2D eigenvalue weighted by molar-refractivity contribution is 9.10. The van der Waals surface area contributed by atoms with Gasteiger partial charge in [-0.2, -0.15) is 4.31 Å². The molecule has 2 aromatic carbocycles. The summed E-state index contributed by atoms with van der Waals surface area (Å²) in [7, 11) is -4.43. The van der Waals surface area contributed by atoms with E-state index in [9.17, 15) is 37.6 Å². The fraction of sp³-hybridized carbons (Fsp3) is 0.300. The van der Waals surface area contributed by atoms with E-state index in [1.165, 1.54) is 31.2 Å². The molecule has 0 radical (unpaired) electrons. The lowest BCUT2D eigenvalue weighted by atomic mass is 10.0. The highest BCUT2D eigenvalue weighted by Crippen LogP contribution is 2.30. The molecule has 0 aromatic heterocycles. The fourth-order valence-corrected chi connectivity index (χ4v) is 5.76. The van der Waals surface area contributed by atoms with Crippen LogP contribution in [0.15, 0.2) is 51.8 Å². The number of nitrogens with zero attached hydrogens (tertiary/aromatic N) is 3. The molecular weight excluding hydrogens is 525 g/mol.